The van der Waals surface area contributed by atoms with E-state index in [2.05, 4.69) is 62.3 Å². The molecule has 2 rings (SSSR count). The van der Waals surface area contributed by atoms with Crippen LogP contribution in [0.1, 0.15) is 89.0 Å². The van der Waals surface area contributed by atoms with Crippen molar-refractivity contribution >= 4 is 0 Å². The van der Waals surface area contributed by atoms with Crippen LogP contribution in [-0.2, 0) is 18.9 Å². The quantitative estimate of drug-likeness (QED) is 0.688. The molecule has 0 amide bonds. The Labute approximate surface area is 154 Å². The Bertz CT molecular complexity index is 498. The van der Waals surface area contributed by atoms with Gasteiger partial charge in [-0.15, -0.1) is 0 Å². The van der Waals surface area contributed by atoms with Gasteiger partial charge < -0.3 is 18.9 Å². The van der Waals surface area contributed by atoms with Crippen LogP contribution in [0, 0.1) is 11.3 Å². The average Bonchev–Trinajstić information content (AvgIpc) is 2.40. The van der Waals surface area contributed by atoms with Crippen LogP contribution < -0.4 is 0 Å². The number of ether oxygens (including phenoxy) is 4. The summed E-state index contributed by atoms with van der Waals surface area (Å²) in [5.41, 5.74) is -1.11. The Morgan fingerprint density at radius 2 is 1.16 bits per heavy atom. The molecule has 5 unspecified atom stereocenters. The van der Waals surface area contributed by atoms with E-state index in [0.717, 1.165) is 12.8 Å². The predicted molar refractivity (Wildman–Crippen MR) is 100 cm³/mol. The normalized spacial score (nSPS) is 46.0. The molecule has 4 heteroatoms. The van der Waals surface area contributed by atoms with Gasteiger partial charge in [-0.25, -0.2) is 0 Å². The first kappa shape index (κ1) is 21.1. The van der Waals surface area contributed by atoms with Crippen LogP contribution in [0.2, 0.25) is 0 Å². The Balaban J connectivity index is 2.23. The lowest BCUT2D eigenvalue weighted by Gasteiger charge is -2.59. The minimum atomic E-state index is -0.286. The summed E-state index contributed by atoms with van der Waals surface area (Å²) in [6.45, 7) is 23.9. The molecule has 2 aliphatic heterocycles. The Hall–Kier alpha value is -0.160. The minimum Gasteiger partial charge on any atom is -0.347 e. The monoisotopic (exact) mass is 356 g/mol. The summed E-state index contributed by atoms with van der Waals surface area (Å²) in [7, 11) is 0. The molecule has 0 radical (unpaired) electrons. The summed E-state index contributed by atoms with van der Waals surface area (Å²) in [4.78, 5) is 0. The molecule has 2 heterocycles. The van der Waals surface area contributed by atoms with E-state index in [1.165, 1.54) is 0 Å². The molecular formula is C21H40O4. The fourth-order valence-electron chi connectivity index (χ4n) is 4.64. The van der Waals surface area contributed by atoms with E-state index in [1.54, 1.807) is 0 Å². The highest BCUT2D eigenvalue weighted by atomic mass is 16.7. The van der Waals surface area contributed by atoms with Crippen LogP contribution >= 0.6 is 0 Å². The van der Waals surface area contributed by atoms with Gasteiger partial charge >= 0.3 is 0 Å². The standard InChI is InChI=1S/C21H40O4/c1-14-17(4,5)22-15(2)24-20(14,10)12-13-21(11)18(6,7)19(8,9)23-16(3)25-21/h14-16H,12-13H2,1-11H3. The molecule has 25 heavy (non-hydrogen) atoms. The van der Waals surface area contributed by atoms with Crippen molar-refractivity contribution in [1.29, 1.82) is 0 Å². The molecule has 2 fully saturated rings. The van der Waals surface area contributed by atoms with Crippen LogP contribution in [0.4, 0.5) is 0 Å². The lowest BCUT2D eigenvalue weighted by Crippen LogP contribution is -2.64. The zero-order valence-corrected chi connectivity index (χ0v) is 18.3. The van der Waals surface area contributed by atoms with Crippen molar-refractivity contribution in [2.75, 3.05) is 0 Å². The third-order valence-electron chi connectivity index (χ3n) is 7.68. The SMILES string of the molecule is CC1OC(C)(C)C(C)C(C)(CCC2(C)OC(C)OC(C)(C)C2(C)C)O1. The predicted octanol–water partition coefficient (Wildman–Crippen LogP) is 5.29. The highest BCUT2D eigenvalue weighted by Gasteiger charge is 2.58. The highest BCUT2D eigenvalue weighted by Crippen LogP contribution is 2.53. The number of hydrogen-bond acceptors (Lipinski definition) is 4. The van der Waals surface area contributed by atoms with Crippen LogP contribution in [-0.4, -0.2) is 35.0 Å². The lowest BCUT2D eigenvalue weighted by molar-refractivity contribution is -0.363. The van der Waals surface area contributed by atoms with Crippen molar-refractivity contribution in [3.05, 3.63) is 0 Å². The molecule has 148 valence electrons. The van der Waals surface area contributed by atoms with Crippen LogP contribution in [0.5, 0.6) is 0 Å². The minimum absolute atomic E-state index is 0.127. The van der Waals surface area contributed by atoms with E-state index >= 15 is 0 Å². The van der Waals surface area contributed by atoms with Crippen molar-refractivity contribution in [3.63, 3.8) is 0 Å². The maximum absolute atomic E-state index is 6.37. The van der Waals surface area contributed by atoms with Crippen molar-refractivity contribution in [3.8, 4) is 0 Å². The van der Waals surface area contributed by atoms with E-state index in [1.807, 2.05) is 13.8 Å². The van der Waals surface area contributed by atoms with E-state index in [4.69, 9.17) is 18.9 Å². The third kappa shape index (κ3) is 3.52. The molecular weight excluding hydrogens is 316 g/mol. The summed E-state index contributed by atoms with van der Waals surface area (Å²) in [5, 5.41) is 0. The Morgan fingerprint density at radius 3 is 1.72 bits per heavy atom. The number of hydrogen-bond donors (Lipinski definition) is 0. The van der Waals surface area contributed by atoms with Crippen molar-refractivity contribution in [1.82, 2.24) is 0 Å². The van der Waals surface area contributed by atoms with Gasteiger partial charge in [0, 0.05) is 11.3 Å². The summed E-state index contributed by atoms with van der Waals surface area (Å²) in [5.74, 6) is 0.285. The largest absolute Gasteiger partial charge is 0.347 e. The van der Waals surface area contributed by atoms with Gasteiger partial charge in [-0.1, -0.05) is 20.8 Å². The van der Waals surface area contributed by atoms with E-state index in [9.17, 15) is 0 Å². The maximum Gasteiger partial charge on any atom is 0.156 e. The summed E-state index contributed by atoms with van der Waals surface area (Å²) in [6.07, 6.45) is 1.45. The van der Waals surface area contributed by atoms with Gasteiger partial charge in [-0.3, -0.25) is 0 Å². The zero-order chi connectivity index (χ0) is 19.5. The smallest absolute Gasteiger partial charge is 0.156 e. The van der Waals surface area contributed by atoms with Crippen LogP contribution in [0.3, 0.4) is 0 Å². The maximum atomic E-state index is 6.37. The molecule has 0 aromatic carbocycles. The second-order valence-electron chi connectivity index (χ2n) is 10.1. The lowest BCUT2D eigenvalue weighted by atomic mass is 9.62. The summed E-state index contributed by atoms with van der Waals surface area (Å²) < 4.78 is 24.8. The molecule has 0 N–H and O–H groups in total. The fourth-order valence-corrected chi connectivity index (χ4v) is 4.64. The molecule has 0 aromatic heterocycles. The van der Waals surface area contributed by atoms with Gasteiger partial charge in [0.15, 0.2) is 12.6 Å². The van der Waals surface area contributed by atoms with Gasteiger partial charge in [0.2, 0.25) is 0 Å². The summed E-state index contributed by atoms with van der Waals surface area (Å²) >= 11 is 0. The van der Waals surface area contributed by atoms with Gasteiger partial charge in [-0.05, 0) is 68.2 Å². The fraction of sp³-hybridized carbons (Fsp3) is 1.00. The molecule has 0 aliphatic carbocycles. The van der Waals surface area contributed by atoms with Crippen molar-refractivity contribution < 1.29 is 18.9 Å². The molecule has 2 aliphatic rings. The zero-order valence-electron chi connectivity index (χ0n) is 18.3. The van der Waals surface area contributed by atoms with E-state index < -0.39 is 0 Å². The van der Waals surface area contributed by atoms with Gasteiger partial charge in [-0.2, -0.15) is 0 Å². The topological polar surface area (TPSA) is 36.9 Å². The van der Waals surface area contributed by atoms with E-state index in [0.29, 0.717) is 0 Å². The highest BCUT2D eigenvalue weighted by molar-refractivity contribution is 5.06. The summed E-state index contributed by atoms with van der Waals surface area (Å²) in [6, 6.07) is 0. The first-order chi connectivity index (χ1) is 11.1. The van der Waals surface area contributed by atoms with Gasteiger partial charge in [0.1, 0.15) is 0 Å². The molecule has 2 saturated heterocycles. The van der Waals surface area contributed by atoms with E-state index in [-0.39, 0.29) is 46.3 Å². The van der Waals surface area contributed by atoms with Gasteiger partial charge in [0.05, 0.1) is 22.4 Å². The second-order valence-corrected chi connectivity index (χ2v) is 10.1. The van der Waals surface area contributed by atoms with Crippen LogP contribution in [0.15, 0.2) is 0 Å². The Morgan fingerprint density at radius 1 is 0.640 bits per heavy atom. The molecule has 4 nitrogen and oxygen atoms in total. The first-order valence-electron chi connectivity index (χ1n) is 9.78. The first-order valence-corrected chi connectivity index (χ1v) is 9.78. The van der Waals surface area contributed by atoms with Crippen LogP contribution in [0.25, 0.3) is 0 Å². The molecule has 0 bridgehead atoms. The van der Waals surface area contributed by atoms with Crippen molar-refractivity contribution in [2.24, 2.45) is 11.3 Å². The molecule has 5 atom stereocenters. The second kappa shape index (κ2) is 6.19. The number of rotatable bonds is 3. The molecule has 0 spiro atoms. The Kier molecular flexibility index (Phi) is 5.23. The third-order valence-corrected chi connectivity index (χ3v) is 7.68. The van der Waals surface area contributed by atoms with Gasteiger partial charge in [0.25, 0.3) is 0 Å². The van der Waals surface area contributed by atoms with Crippen molar-refractivity contribution in [2.45, 2.75) is 124 Å². The molecule has 0 saturated carbocycles. The molecule has 0 aromatic rings. The average molecular weight is 357 g/mol.